The summed E-state index contributed by atoms with van der Waals surface area (Å²) in [5.41, 5.74) is 1.99. The smallest absolute Gasteiger partial charge is 0.159 e. The van der Waals surface area contributed by atoms with Crippen LogP contribution in [0.25, 0.3) is 12.2 Å². The van der Waals surface area contributed by atoms with Gasteiger partial charge in [-0.3, -0.25) is 0 Å². The Hall–Kier alpha value is -1.78. The molecular formula is C18H25ClN2O2. The van der Waals surface area contributed by atoms with E-state index in [1.807, 2.05) is 49.4 Å². The molecule has 0 fully saturated rings. The second-order valence-electron chi connectivity index (χ2n) is 5.15. The molecule has 5 heteroatoms. The van der Waals surface area contributed by atoms with Crippen LogP contribution in [0.2, 0.25) is 0 Å². The van der Waals surface area contributed by atoms with Gasteiger partial charge in [-0.05, 0) is 43.8 Å². The van der Waals surface area contributed by atoms with Gasteiger partial charge < -0.3 is 14.2 Å². The summed E-state index contributed by atoms with van der Waals surface area (Å²) in [4.78, 5) is 2.34. The Morgan fingerprint density at radius 3 is 2.39 bits per heavy atom. The Morgan fingerprint density at radius 1 is 1.13 bits per heavy atom. The van der Waals surface area contributed by atoms with Gasteiger partial charge in [0, 0.05) is 12.6 Å². The summed E-state index contributed by atoms with van der Waals surface area (Å²) in [6.45, 7) is 10.0. The molecule has 0 saturated carbocycles. The normalized spacial score (nSPS) is 11.0. The molecule has 2 rings (SSSR count). The number of benzene rings is 1. The third-order valence-corrected chi connectivity index (χ3v) is 3.54. The molecule has 4 nitrogen and oxygen atoms in total. The monoisotopic (exact) mass is 336 g/mol. The molecule has 0 amide bonds. The zero-order valence-corrected chi connectivity index (χ0v) is 14.8. The summed E-state index contributed by atoms with van der Waals surface area (Å²) in [5, 5.41) is 3.85. The Labute approximate surface area is 144 Å². The summed E-state index contributed by atoms with van der Waals surface area (Å²) in [6, 6.07) is 9.96. The van der Waals surface area contributed by atoms with Gasteiger partial charge in [0.25, 0.3) is 0 Å². The molecule has 0 aliphatic heterocycles. The lowest BCUT2D eigenvalue weighted by Gasteiger charge is -2.17. The first kappa shape index (κ1) is 19.3. The van der Waals surface area contributed by atoms with E-state index in [-0.39, 0.29) is 12.4 Å². The number of rotatable bonds is 8. The molecule has 1 aromatic carbocycles. The number of ether oxygens (including phenoxy) is 1. The van der Waals surface area contributed by atoms with Crippen molar-refractivity contribution in [2.45, 2.75) is 20.8 Å². The molecule has 0 aliphatic rings. The van der Waals surface area contributed by atoms with Crippen LogP contribution in [-0.2, 0) is 0 Å². The quantitative estimate of drug-likeness (QED) is 0.720. The van der Waals surface area contributed by atoms with Crippen molar-refractivity contribution in [3.05, 3.63) is 47.3 Å². The van der Waals surface area contributed by atoms with Crippen LogP contribution in [0.4, 0.5) is 0 Å². The van der Waals surface area contributed by atoms with E-state index in [0.29, 0.717) is 6.61 Å². The predicted octanol–water partition coefficient (Wildman–Crippen LogP) is 4.30. The first-order chi connectivity index (χ1) is 10.7. The SMILES string of the molecule is CCN(CC)CCOc1ccc(C=Cc2cc(C)no2)cc1.Cl. The van der Waals surface area contributed by atoms with Gasteiger partial charge >= 0.3 is 0 Å². The van der Waals surface area contributed by atoms with Gasteiger partial charge in [-0.1, -0.05) is 37.2 Å². The third kappa shape index (κ3) is 6.47. The number of hydrogen-bond acceptors (Lipinski definition) is 4. The van der Waals surface area contributed by atoms with Crippen molar-refractivity contribution < 1.29 is 9.26 Å². The van der Waals surface area contributed by atoms with E-state index in [2.05, 4.69) is 23.9 Å². The summed E-state index contributed by atoms with van der Waals surface area (Å²) in [6.07, 6.45) is 3.91. The summed E-state index contributed by atoms with van der Waals surface area (Å²) in [5.74, 6) is 1.66. The minimum atomic E-state index is 0. The number of hydrogen-bond donors (Lipinski definition) is 0. The molecule has 126 valence electrons. The maximum Gasteiger partial charge on any atom is 0.159 e. The minimum Gasteiger partial charge on any atom is -0.492 e. The standard InChI is InChI=1S/C18H24N2O2.ClH/c1-4-20(5-2)12-13-21-17-9-6-16(7-10-17)8-11-18-14-15(3)19-22-18;/h6-11,14H,4-5,12-13H2,1-3H3;1H. The Balaban J connectivity index is 0.00000264. The highest BCUT2D eigenvalue weighted by molar-refractivity contribution is 5.85. The Kier molecular flexibility index (Phi) is 8.45. The molecular weight excluding hydrogens is 312 g/mol. The highest BCUT2D eigenvalue weighted by Gasteiger charge is 2.00. The maximum absolute atomic E-state index is 5.77. The molecule has 1 aromatic heterocycles. The molecule has 2 aromatic rings. The molecule has 0 unspecified atom stereocenters. The van der Waals surface area contributed by atoms with Crippen LogP contribution in [0, 0.1) is 6.92 Å². The first-order valence-corrected chi connectivity index (χ1v) is 7.78. The molecule has 0 atom stereocenters. The largest absolute Gasteiger partial charge is 0.492 e. The fraction of sp³-hybridized carbons (Fsp3) is 0.389. The van der Waals surface area contributed by atoms with Crippen LogP contribution in [0.3, 0.4) is 0 Å². The van der Waals surface area contributed by atoms with Gasteiger partial charge in [-0.15, -0.1) is 12.4 Å². The predicted molar refractivity (Wildman–Crippen MR) is 97.1 cm³/mol. The minimum absolute atomic E-state index is 0. The van der Waals surface area contributed by atoms with E-state index in [1.165, 1.54) is 0 Å². The van der Waals surface area contributed by atoms with Crippen molar-refractivity contribution in [1.29, 1.82) is 0 Å². The lowest BCUT2D eigenvalue weighted by Crippen LogP contribution is -2.27. The van der Waals surface area contributed by atoms with Gasteiger partial charge in [0.05, 0.1) is 5.69 Å². The van der Waals surface area contributed by atoms with Crippen LogP contribution in [0.5, 0.6) is 5.75 Å². The van der Waals surface area contributed by atoms with E-state index < -0.39 is 0 Å². The summed E-state index contributed by atoms with van der Waals surface area (Å²) < 4.78 is 10.9. The van der Waals surface area contributed by atoms with Crippen molar-refractivity contribution in [3.63, 3.8) is 0 Å². The van der Waals surface area contributed by atoms with Gasteiger partial charge in [-0.25, -0.2) is 0 Å². The van der Waals surface area contributed by atoms with Crippen LogP contribution in [0.15, 0.2) is 34.9 Å². The number of aryl methyl sites for hydroxylation is 1. The van der Waals surface area contributed by atoms with Crippen molar-refractivity contribution in [2.24, 2.45) is 0 Å². The van der Waals surface area contributed by atoms with E-state index in [9.17, 15) is 0 Å². The molecule has 23 heavy (non-hydrogen) atoms. The fourth-order valence-electron chi connectivity index (χ4n) is 2.15. The average Bonchev–Trinajstić information content (AvgIpc) is 2.96. The highest BCUT2D eigenvalue weighted by Crippen LogP contribution is 2.15. The maximum atomic E-state index is 5.77. The van der Waals surface area contributed by atoms with Crippen LogP contribution in [-0.4, -0.2) is 36.3 Å². The molecule has 0 N–H and O–H groups in total. The average molecular weight is 337 g/mol. The topological polar surface area (TPSA) is 38.5 Å². The number of nitrogens with zero attached hydrogens (tertiary/aromatic N) is 2. The molecule has 0 saturated heterocycles. The lowest BCUT2D eigenvalue weighted by atomic mass is 10.2. The molecule has 1 heterocycles. The first-order valence-electron chi connectivity index (χ1n) is 7.78. The second kappa shape index (κ2) is 10.1. The van der Waals surface area contributed by atoms with Crippen LogP contribution in [0.1, 0.15) is 30.9 Å². The summed E-state index contributed by atoms with van der Waals surface area (Å²) >= 11 is 0. The van der Waals surface area contributed by atoms with Crippen molar-refractivity contribution in [1.82, 2.24) is 10.1 Å². The summed E-state index contributed by atoms with van der Waals surface area (Å²) in [7, 11) is 0. The van der Waals surface area contributed by atoms with Crippen LogP contribution < -0.4 is 4.74 Å². The molecule has 0 radical (unpaired) electrons. The van der Waals surface area contributed by atoms with Gasteiger partial charge in [-0.2, -0.15) is 0 Å². The zero-order chi connectivity index (χ0) is 15.8. The lowest BCUT2D eigenvalue weighted by molar-refractivity contribution is 0.223. The van der Waals surface area contributed by atoms with Gasteiger partial charge in [0.2, 0.25) is 0 Å². The van der Waals surface area contributed by atoms with Crippen molar-refractivity contribution in [2.75, 3.05) is 26.2 Å². The molecule has 0 bridgehead atoms. The van der Waals surface area contributed by atoms with E-state index in [0.717, 1.165) is 42.4 Å². The van der Waals surface area contributed by atoms with Crippen molar-refractivity contribution >= 4 is 24.6 Å². The van der Waals surface area contributed by atoms with Crippen molar-refractivity contribution in [3.8, 4) is 5.75 Å². The number of likely N-dealkylation sites (N-methyl/N-ethyl adjacent to an activating group) is 1. The third-order valence-electron chi connectivity index (χ3n) is 3.54. The van der Waals surface area contributed by atoms with E-state index in [1.54, 1.807) is 0 Å². The Bertz CT molecular complexity index is 589. The van der Waals surface area contributed by atoms with Gasteiger partial charge in [0.1, 0.15) is 12.4 Å². The Morgan fingerprint density at radius 2 is 1.83 bits per heavy atom. The molecule has 0 aliphatic carbocycles. The van der Waals surface area contributed by atoms with Gasteiger partial charge in [0.15, 0.2) is 5.76 Å². The molecule has 0 spiro atoms. The zero-order valence-electron chi connectivity index (χ0n) is 14.0. The number of halogens is 1. The highest BCUT2D eigenvalue weighted by atomic mass is 35.5. The second-order valence-corrected chi connectivity index (χ2v) is 5.15. The van der Waals surface area contributed by atoms with Crippen LogP contribution >= 0.6 is 12.4 Å². The van der Waals surface area contributed by atoms with E-state index >= 15 is 0 Å². The van der Waals surface area contributed by atoms with E-state index in [4.69, 9.17) is 9.26 Å². The number of aromatic nitrogens is 1. The fourth-order valence-corrected chi connectivity index (χ4v) is 2.15.